The SMILES string of the molecule is CCCC[C@H](C)C[C@H](O)/C=C/[C@@H]1[C@@H](C/C=C\CCCC(=O)OC)[C@H](Cl)C[C@H]1OC1CCCCO1. The molecule has 1 saturated carbocycles. The highest BCUT2D eigenvalue weighted by atomic mass is 35.5. The lowest BCUT2D eigenvalue weighted by Gasteiger charge is -2.29. The zero-order valence-electron chi connectivity index (χ0n) is 21.5. The van der Waals surface area contributed by atoms with Gasteiger partial charge in [0, 0.05) is 24.3 Å². The second kappa shape index (κ2) is 16.7. The van der Waals surface area contributed by atoms with Crippen molar-refractivity contribution in [1.82, 2.24) is 0 Å². The van der Waals surface area contributed by atoms with Gasteiger partial charge in [-0.25, -0.2) is 0 Å². The molecule has 0 aromatic rings. The second-order valence-electron chi connectivity index (χ2n) is 10.1. The lowest BCUT2D eigenvalue weighted by atomic mass is 9.89. The molecule has 0 spiro atoms. The predicted octanol–water partition coefficient (Wildman–Crippen LogP) is 6.56. The summed E-state index contributed by atoms with van der Waals surface area (Å²) in [6, 6.07) is 0. The fourth-order valence-electron chi connectivity index (χ4n) is 5.06. The largest absolute Gasteiger partial charge is 0.469 e. The molecule has 1 aliphatic carbocycles. The Balaban J connectivity index is 1.97. The van der Waals surface area contributed by atoms with Gasteiger partial charge in [0.25, 0.3) is 0 Å². The van der Waals surface area contributed by atoms with E-state index in [-0.39, 0.29) is 35.6 Å². The number of carbonyl (C=O) groups is 1. The van der Waals surface area contributed by atoms with E-state index in [1.54, 1.807) is 0 Å². The van der Waals surface area contributed by atoms with Crippen LogP contribution in [-0.2, 0) is 19.0 Å². The van der Waals surface area contributed by atoms with E-state index in [2.05, 4.69) is 32.1 Å². The molecule has 1 aliphatic heterocycles. The molecule has 0 aromatic carbocycles. The number of methoxy groups -OCH3 is 1. The van der Waals surface area contributed by atoms with Crippen molar-refractivity contribution in [3.8, 4) is 0 Å². The molecular weight excluding hydrogens is 452 g/mol. The minimum Gasteiger partial charge on any atom is -0.469 e. The van der Waals surface area contributed by atoms with Crippen molar-refractivity contribution in [3.63, 3.8) is 0 Å². The average molecular weight is 499 g/mol. The van der Waals surface area contributed by atoms with Crippen LogP contribution in [0.1, 0.15) is 90.9 Å². The van der Waals surface area contributed by atoms with Crippen molar-refractivity contribution in [1.29, 1.82) is 0 Å². The highest BCUT2D eigenvalue weighted by Crippen LogP contribution is 2.42. The summed E-state index contributed by atoms with van der Waals surface area (Å²) in [6.45, 7) is 5.18. The Bertz CT molecular complexity index is 616. The molecule has 196 valence electrons. The average Bonchev–Trinajstić information content (AvgIpc) is 3.12. The van der Waals surface area contributed by atoms with Gasteiger partial charge in [-0.3, -0.25) is 4.79 Å². The Morgan fingerprint density at radius 1 is 1.26 bits per heavy atom. The normalized spacial score (nSPS) is 29.6. The maximum absolute atomic E-state index is 11.3. The topological polar surface area (TPSA) is 65.0 Å². The summed E-state index contributed by atoms with van der Waals surface area (Å²) in [5.74, 6) is 0.736. The van der Waals surface area contributed by atoms with E-state index in [1.165, 1.54) is 20.0 Å². The van der Waals surface area contributed by atoms with E-state index in [0.717, 1.165) is 64.4 Å². The highest BCUT2D eigenvalue weighted by molar-refractivity contribution is 6.21. The molecule has 0 radical (unpaired) electrons. The summed E-state index contributed by atoms with van der Waals surface area (Å²) in [7, 11) is 1.42. The van der Waals surface area contributed by atoms with Crippen LogP contribution in [0.4, 0.5) is 0 Å². The summed E-state index contributed by atoms with van der Waals surface area (Å²) in [4.78, 5) is 11.3. The molecule has 1 N–H and O–H groups in total. The first-order valence-electron chi connectivity index (χ1n) is 13.4. The van der Waals surface area contributed by atoms with Crippen LogP contribution in [0.5, 0.6) is 0 Å². The van der Waals surface area contributed by atoms with Gasteiger partial charge in [-0.1, -0.05) is 57.4 Å². The number of hydrogen-bond donors (Lipinski definition) is 1. The molecule has 1 unspecified atom stereocenters. The molecule has 2 aliphatic rings. The maximum atomic E-state index is 11.3. The Labute approximate surface area is 212 Å². The Hall–Kier alpha value is -0.880. The van der Waals surface area contributed by atoms with Crippen molar-refractivity contribution in [2.75, 3.05) is 13.7 Å². The van der Waals surface area contributed by atoms with Gasteiger partial charge in [-0.05, 0) is 63.2 Å². The van der Waals surface area contributed by atoms with Crippen LogP contribution < -0.4 is 0 Å². The summed E-state index contributed by atoms with van der Waals surface area (Å²) >= 11 is 6.83. The van der Waals surface area contributed by atoms with Crippen molar-refractivity contribution in [2.24, 2.45) is 17.8 Å². The molecule has 0 bridgehead atoms. The number of alkyl halides is 1. The molecule has 34 heavy (non-hydrogen) atoms. The summed E-state index contributed by atoms with van der Waals surface area (Å²) in [6.07, 6.45) is 19.1. The number of hydrogen-bond acceptors (Lipinski definition) is 5. The minimum absolute atomic E-state index is 0.00397. The number of aliphatic hydroxyl groups is 1. The number of halogens is 1. The first kappa shape index (κ1) is 29.4. The fourth-order valence-corrected chi connectivity index (χ4v) is 5.50. The number of allylic oxidation sites excluding steroid dienone is 2. The Kier molecular flexibility index (Phi) is 14.4. The van der Waals surface area contributed by atoms with Crippen LogP contribution >= 0.6 is 11.6 Å². The van der Waals surface area contributed by atoms with Crippen molar-refractivity contribution >= 4 is 17.6 Å². The molecule has 0 amide bonds. The molecule has 7 atom stereocenters. The molecular formula is C28H47ClO5. The van der Waals surface area contributed by atoms with Gasteiger partial charge in [0.1, 0.15) is 0 Å². The third-order valence-corrected chi connectivity index (χ3v) is 7.62. The van der Waals surface area contributed by atoms with Gasteiger partial charge in [0.15, 0.2) is 6.29 Å². The van der Waals surface area contributed by atoms with Gasteiger partial charge in [0.05, 0.1) is 19.3 Å². The van der Waals surface area contributed by atoms with Gasteiger partial charge in [0.2, 0.25) is 0 Å². The van der Waals surface area contributed by atoms with E-state index in [0.29, 0.717) is 12.3 Å². The monoisotopic (exact) mass is 498 g/mol. The summed E-state index contributed by atoms with van der Waals surface area (Å²) in [5.41, 5.74) is 0. The number of esters is 1. The van der Waals surface area contributed by atoms with Crippen LogP contribution in [0.3, 0.4) is 0 Å². The van der Waals surface area contributed by atoms with Crippen molar-refractivity contribution < 1.29 is 24.1 Å². The lowest BCUT2D eigenvalue weighted by molar-refractivity contribution is -0.192. The zero-order chi connectivity index (χ0) is 24.8. The van der Waals surface area contributed by atoms with Crippen molar-refractivity contribution in [3.05, 3.63) is 24.3 Å². The number of unbranched alkanes of at least 4 members (excludes halogenated alkanes) is 2. The molecule has 1 heterocycles. The van der Waals surface area contributed by atoms with Crippen LogP contribution in [0.15, 0.2) is 24.3 Å². The Morgan fingerprint density at radius 3 is 2.79 bits per heavy atom. The van der Waals surface area contributed by atoms with Gasteiger partial charge in [-0.15, -0.1) is 11.6 Å². The number of rotatable bonds is 15. The van der Waals surface area contributed by atoms with Gasteiger partial charge >= 0.3 is 5.97 Å². The molecule has 1 saturated heterocycles. The molecule has 5 nitrogen and oxygen atoms in total. The molecule has 2 fully saturated rings. The van der Waals surface area contributed by atoms with E-state index in [1.807, 2.05) is 6.08 Å². The second-order valence-corrected chi connectivity index (χ2v) is 10.6. The first-order valence-corrected chi connectivity index (χ1v) is 13.9. The van der Waals surface area contributed by atoms with E-state index in [9.17, 15) is 9.90 Å². The van der Waals surface area contributed by atoms with E-state index in [4.69, 9.17) is 25.8 Å². The Morgan fingerprint density at radius 2 is 2.09 bits per heavy atom. The number of carbonyl (C=O) groups excluding carboxylic acids is 1. The number of aliphatic hydroxyl groups excluding tert-OH is 1. The number of ether oxygens (including phenoxy) is 3. The predicted molar refractivity (Wildman–Crippen MR) is 138 cm³/mol. The zero-order valence-corrected chi connectivity index (χ0v) is 22.3. The first-order chi connectivity index (χ1) is 16.4. The van der Waals surface area contributed by atoms with Crippen LogP contribution in [0.2, 0.25) is 0 Å². The summed E-state index contributed by atoms with van der Waals surface area (Å²) < 4.78 is 16.9. The molecule has 2 rings (SSSR count). The van der Waals surface area contributed by atoms with Crippen LogP contribution in [0, 0.1) is 17.8 Å². The highest BCUT2D eigenvalue weighted by Gasteiger charge is 2.42. The molecule has 0 aromatic heterocycles. The van der Waals surface area contributed by atoms with E-state index < -0.39 is 6.10 Å². The standard InChI is InChI=1S/C28H47ClO5/c1-4-5-12-21(2)19-22(30)16-17-24-23(13-8-6-7-9-14-27(31)32-3)25(29)20-26(24)34-28-15-10-11-18-33-28/h6,8,16-17,21-26,28,30H,4-5,7,9-15,18-20H2,1-3H3/b8-6-,17-16+/t21-,22+,23+,24+,25+,26+,28?/m0/s1. The van der Waals surface area contributed by atoms with Crippen molar-refractivity contribution in [2.45, 2.75) is 115 Å². The smallest absolute Gasteiger partial charge is 0.305 e. The molecule has 6 heteroatoms. The maximum Gasteiger partial charge on any atom is 0.305 e. The third-order valence-electron chi connectivity index (χ3n) is 7.11. The van der Waals surface area contributed by atoms with Crippen LogP contribution in [-0.4, -0.2) is 48.7 Å². The minimum atomic E-state index is -0.442. The summed E-state index contributed by atoms with van der Waals surface area (Å²) in [5, 5.41) is 10.7. The third kappa shape index (κ3) is 10.8. The van der Waals surface area contributed by atoms with Crippen LogP contribution in [0.25, 0.3) is 0 Å². The lowest BCUT2D eigenvalue weighted by Crippen LogP contribution is -2.30. The van der Waals surface area contributed by atoms with Gasteiger partial charge in [-0.2, -0.15) is 0 Å². The fraction of sp³-hybridized carbons (Fsp3) is 0.821. The van der Waals surface area contributed by atoms with Gasteiger partial charge < -0.3 is 19.3 Å². The quantitative estimate of drug-likeness (QED) is 0.120. The van der Waals surface area contributed by atoms with E-state index >= 15 is 0 Å².